The molecule has 0 fully saturated rings. The zero-order valence-electron chi connectivity index (χ0n) is 29.4. The average Bonchev–Trinajstić information content (AvgIpc) is 3.41. The molecule has 3 rings (SSSR count). The summed E-state index contributed by atoms with van der Waals surface area (Å²) < 4.78 is 54.0. The molecule has 298 valence electrons. The number of carbonyl (C=O) groups is 2. The van der Waals surface area contributed by atoms with Gasteiger partial charge in [-0.15, -0.1) is 11.6 Å². The molecule has 0 bridgehead atoms. The molecule has 1 atom stereocenters. The van der Waals surface area contributed by atoms with Crippen LogP contribution in [0.25, 0.3) is 5.69 Å². The van der Waals surface area contributed by atoms with Crippen molar-refractivity contribution in [1.82, 2.24) is 15.1 Å². The van der Waals surface area contributed by atoms with E-state index in [-0.39, 0.29) is 34.3 Å². The van der Waals surface area contributed by atoms with Crippen LogP contribution in [0.15, 0.2) is 36.5 Å². The van der Waals surface area contributed by atoms with E-state index in [1.54, 1.807) is 4.90 Å². The number of nitro groups is 1. The van der Waals surface area contributed by atoms with Crippen LogP contribution in [0, 0.1) is 17.0 Å². The van der Waals surface area contributed by atoms with Gasteiger partial charge in [-0.05, 0) is 54.4 Å². The molecule has 3 aromatic rings. The van der Waals surface area contributed by atoms with Crippen molar-refractivity contribution in [2.75, 3.05) is 61.4 Å². The summed E-state index contributed by atoms with van der Waals surface area (Å²) in [6, 6.07) is 7.30. The molecule has 0 saturated heterocycles. The van der Waals surface area contributed by atoms with Crippen LogP contribution in [0.5, 0.6) is 0 Å². The number of aromatic nitrogens is 2. The summed E-state index contributed by atoms with van der Waals surface area (Å²) in [6.07, 6.45) is 2.96. The van der Waals surface area contributed by atoms with E-state index in [0.29, 0.717) is 29.6 Å². The van der Waals surface area contributed by atoms with Gasteiger partial charge in [0.05, 0.1) is 57.8 Å². The number of carboxylic acid groups (broad SMARTS) is 1. The van der Waals surface area contributed by atoms with E-state index in [1.165, 1.54) is 0 Å². The van der Waals surface area contributed by atoms with Crippen molar-refractivity contribution in [2.45, 2.75) is 33.4 Å². The van der Waals surface area contributed by atoms with Crippen LogP contribution in [0.4, 0.5) is 30.4 Å². The second-order valence-corrected chi connectivity index (χ2v) is 15.8. The number of anilines is 2. The minimum atomic E-state index is -4.63. The fraction of sp³-hybridized carbons (Fsp3) is 0.433. The van der Waals surface area contributed by atoms with Crippen LogP contribution in [0.2, 0.25) is 10.0 Å². The van der Waals surface area contributed by atoms with Crippen molar-refractivity contribution < 1.29 is 51.9 Å². The Kier molecular flexibility index (Phi) is 22.2. The maximum Gasteiger partial charge on any atom is 0.416 e. The largest absolute Gasteiger partial charge is 0.778 e. The number of alkyl halides is 4. The highest BCUT2D eigenvalue weighted by Gasteiger charge is 2.33. The van der Waals surface area contributed by atoms with E-state index in [1.807, 2.05) is 37.4 Å². The van der Waals surface area contributed by atoms with E-state index in [4.69, 9.17) is 55.3 Å². The number of nitrogens with two attached hydrogens (primary N) is 1. The number of hydrogen-bond acceptors (Lipinski definition) is 10. The summed E-state index contributed by atoms with van der Waals surface area (Å²) in [5, 5.41) is 23.5. The van der Waals surface area contributed by atoms with Crippen molar-refractivity contribution in [2.24, 2.45) is 0 Å². The quantitative estimate of drug-likeness (QED) is 0.0445. The number of nitrogens with zero attached hydrogens (tertiary/aromatic N) is 4. The Morgan fingerprint density at radius 2 is 1.74 bits per heavy atom. The third kappa shape index (κ3) is 18.2. The van der Waals surface area contributed by atoms with Crippen LogP contribution in [0.3, 0.4) is 0 Å². The molecule has 5 N–H and O–H groups in total. The van der Waals surface area contributed by atoms with Gasteiger partial charge in [0.1, 0.15) is 32.1 Å². The zero-order valence-corrected chi connectivity index (χ0v) is 33.4. The number of benzene rings is 2. The number of nitrogens with one attached hydrogen (secondary N) is 1. The first kappa shape index (κ1) is 49.9. The Hall–Kier alpha value is -3.13. The first-order valence-corrected chi connectivity index (χ1v) is 20.4. The Balaban J connectivity index is 0.000000766. The lowest BCUT2D eigenvalue weighted by Gasteiger charge is -2.25. The van der Waals surface area contributed by atoms with Gasteiger partial charge in [0.15, 0.2) is 0 Å². The lowest BCUT2D eigenvalue weighted by Crippen LogP contribution is -2.35. The molecule has 2 aromatic carbocycles. The number of carbonyl (C=O) groups excluding carboxylic acids is 1. The van der Waals surface area contributed by atoms with E-state index < -0.39 is 54.6 Å². The average molecular weight is 856 g/mol. The predicted octanol–water partition coefficient (Wildman–Crippen LogP) is 5.47. The van der Waals surface area contributed by atoms with Crippen LogP contribution in [0.1, 0.15) is 30.5 Å². The summed E-state index contributed by atoms with van der Waals surface area (Å²) in [7, 11) is -3.71. The smallest absolute Gasteiger partial charge is 0.416 e. The van der Waals surface area contributed by atoms with Gasteiger partial charge in [-0.25, -0.2) is 4.68 Å². The van der Waals surface area contributed by atoms with Crippen LogP contribution < -0.4 is 20.8 Å². The van der Waals surface area contributed by atoms with Gasteiger partial charge in [-0.3, -0.25) is 29.9 Å². The van der Waals surface area contributed by atoms with Gasteiger partial charge in [-0.2, -0.15) is 18.3 Å². The number of rotatable bonds is 12. The van der Waals surface area contributed by atoms with Gasteiger partial charge in [0.2, 0.25) is 11.7 Å². The molecule has 1 heterocycles. The summed E-state index contributed by atoms with van der Waals surface area (Å²) in [4.78, 5) is 51.2. The molecule has 0 spiro atoms. The monoisotopic (exact) mass is 854 g/mol. The maximum atomic E-state index is 12.6. The van der Waals surface area contributed by atoms with Crippen LogP contribution in [-0.2, 0) is 42.4 Å². The summed E-state index contributed by atoms with van der Waals surface area (Å²) >= 11 is 17.2. The van der Waals surface area contributed by atoms with Gasteiger partial charge in [-0.1, -0.05) is 48.3 Å². The first-order chi connectivity index (χ1) is 24.4. The highest BCUT2D eigenvalue weighted by atomic mass is 35.5. The molecule has 15 nitrogen and oxygen atoms in total. The number of nitrogen functional groups attached to an aromatic ring is 1. The molecular weight excluding hydrogens is 815 g/mol. The van der Waals surface area contributed by atoms with Crippen molar-refractivity contribution in [3.63, 3.8) is 0 Å². The van der Waals surface area contributed by atoms with E-state index in [0.717, 1.165) is 34.1 Å². The molecule has 0 saturated carbocycles. The Labute approximate surface area is 322 Å². The fourth-order valence-electron chi connectivity index (χ4n) is 3.81. The molecular formula is C30H41Cl3F3N6O9PS. The summed E-state index contributed by atoms with van der Waals surface area (Å²) in [6.45, 7) is 6.31. The first-order valence-electron chi connectivity index (χ1n) is 14.9. The SMILES string of the molecule is CCOCN(C(=O)CCl)c1c(C)cccc1CC.C[S+](C)C.Nc1c([N+](=O)[O-])cnn1-c1c(Cl)cc(C(F)(F)F)cc1Cl.O=C(O)CNCP(=O)([O-])O. The summed E-state index contributed by atoms with van der Waals surface area (Å²) in [5.41, 5.74) is 6.91. The Bertz CT molecular complexity index is 1690. The third-order valence-corrected chi connectivity index (χ3v) is 7.37. The fourth-order valence-corrected chi connectivity index (χ4v) is 5.00. The van der Waals surface area contributed by atoms with Gasteiger partial charge in [0.25, 0.3) is 0 Å². The number of aryl methyl sites for hydroxylation is 2. The number of amides is 1. The molecule has 0 aliphatic rings. The van der Waals surface area contributed by atoms with Gasteiger partial charge in [0, 0.05) is 6.61 Å². The Morgan fingerprint density at radius 3 is 2.13 bits per heavy atom. The number of para-hydroxylation sites is 1. The molecule has 0 aliphatic heterocycles. The molecule has 1 amide bonds. The number of aliphatic carboxylic acids is 1. The van der Waals surface area contributed by atoms with E-state index in [2.05, 4.69) is 30.8 Å². The normalized spacial score (nSPS) is 11.9. The number of carboxylic acids is 1. The zero-order chi connectivity index (χ0) is 41.3. The van der Waals surface area contributed by atoms with Gasteiger partial charge >= 0.3 is 17.8 Å². The molecule has 1 aromatic heterocycles. The minimum Gasteiger partial charge on any atom is -0.778 e. The minimum absolute atomic E-state index is 0.0371. The molecule has 53 heavy (non-hydrogen) atoms. The van der Waals surface area contributed by atoms with Crippen LogP contribution in [-0.4, -0.2) is 87.4 Å². The highest BCUT2D eigenvalue weighted by Crippen LogP contribution is 2.39. The maximum absolute atomic E-state index is 12.6. The number of hydrogen-bond donors (Lipinski definition) is 4. The standard InChI is InChI=1S/C14H20ClNO2.C10H5Cl2F3N4O2.C3H8NO5P.C3H9S/c1-4-12-8-6-7-11(3)14(12)16(10-18-5-2)13(17)9-15;11-5-1-4(10(13,14)15)2-6(12)8(5)18-9(16)7(3-17-18)19(20)21;5-3(6)1-4-2-10(7,8)9;1-4(2)3/h6-8H,4-5,9-10H2,1-3H3;1-3H,16H2;4H,1-2H2,(H,5,6)(H2,7,8,9);1-3H3/q;;;+1/p-1. The van der Waals surface area contributed by atoms with Gasteiger partial charge < -0.3 is 29.9 Å². The van der Waals surface area contributed by atoms with Crippen molar-refractivity contribution in [3.05, 3.63) is 73.4 Å². The third-order valence-electron chi connectivity index (χ3n) is 5.94. The number of ether oxygens (including phenoxy) is 1. The lowest BCUT2D eigenvalue weighted by atomic mass is 10.0. The highest BCUT2D eigenvalue weighted by molar-refractivity contribution is 7.94. The lowest BCUT2D eigenvalue weighted by molar-refractivity contribution is -0.383. The Morgan fingerprint density at radius 1 is 1.19 bits per heavy atom. The molecule has 0 radical (unpaired) electrons. The molecule has 1 unspecified atom stereocenters. The molecule has 23 heteroatoms. The molecule has 0 aliphatic carbocycles. The topological polar surface area (TPSA) is 226 Å². The van der Waals surface area contributed by atoms with Crippen molar-refractivity contribution >= 4 is 82.4 Å². The van der Waals surface area contributed by atoms with E-state index >= 15 is 0 Å². The van der Waals surface area contributed by atoms with Crippen molar-refractivity contribution in [1.29, 1.82) is 0 Å². The second kappa shape index (κ2) is 23.6. The van der Waals surface area contributed by atoms with E-state index in [9.17, 15) is 42.3 Å². The summed E-state index contributed by atoms with van der Waals surface area (Å²) in [5.74, 6) is -1.74. The predicted molar refractivity (Wildman–Crippen MR) is 200 cm³/mol. The second-order valence-electron chi connectivity index (χ2n) is 10.7. The van der Waals surface area contributed by atoms with Crippen molar-refractivity contribution in [3.8, 4) is 5.69 Å². The number of halogens is 6. The van der Waals surface area contributed by atoms with Crippen LogP contribution >= 0.6 is 42.4 Å².